The van der Waals surface area contributed by atoms with Crippen LogP contribution in [0.2, 0.25) is 0 Å². The summed E-state index contributed by atoms with van der Waals surface area (Å²) in [7, 11) is 0. The summed E-state index contributed by atoms with van der Waals surface area (Å²) in [6.07, 6.45) is 1.59. The van der Waals surface area contributed by atoms with Crippen LogP contribution in [0, 0.1) is 16.7 Å². The molecule has 0 bridgehead atoms. The standard InChI is InChI=1S/C14H18N2O2S/c1-14(2,9-15)5-7-16-6-3-11-10(4-8-19-11)12(16)13(17)18/h4,8,12H,3,5-7H2,1-2H3,(H,17,18). The van der Waals surface area contributed by atoms with Gasteiger partial charge in [0.15, 0.2) is 0 Å². The van der Waals surface area contributed by atoms with Crippen LogP contribution in [0.1, 0.15) is 36.8 Å². The fraction of sp³-hybridized carbons (Fsp3) is 0.571. The summed E-state index contributed by atoms with van der Waals surface area (Å²) in [5.74, 6) is -0.797. The zero-order chi connectivity index (χ0) is 14.0. The lowest BCUT2D eigenvalue weighted by molar-refractivity contribution is -0.144. The predicted octanol–water partition coefficient (Wildman–Crippen LogP) is 2.67. The van der Waals surface area contributed by atoms with E-state index in [1.54, 1.807) is 11.3 Å². The molecule has 0 amide bonds. The van der Waals surface area contributed by atoms with Gasteiger partial charge >= 0.3 is 5.97 Å². The third kappa shape index (κ3) is 2.96. The van der Waals surface area contributed by atoms with Gasteiger partial charge in [-0.25, -0.2) is 0 Å². The van der Waals surface area contributed by atoms with Crippen molar-refractivity contribution in [1.29, 1.82) is 5.26 Å². The number of fused-ring (bicyclic) bond motifs is 1. The maximum absolute atomic E-state index is 11.5. The molecule has 1 aliphatic heterocycles. The molecule has 2 heterocycles. The van der Waals surface area contributed by atoms with Gasteiger partial charge in [-0.3, -0.25) is 9.69 Å². The van der Waals surface area contributed by atoms with Gasteiger partial charge in [-0.15, -0.1) is 11.3 Å². The summed E-state index contributed by atoms with van der Waals surface area (Å²) in [6, 6.07) is 3.63. The minimum Gasteiger partial charge on any atom is -0.480 e. The molecule has 0 aromatic carbocycles. The molecule has 19 heavy (non-hydrogen) atoms. The van der Waals surface area contributed by atoms with Crippen molar-refractivity contribution in [3.8, 4) is 6.07 Å². The highest BCUT2D eigenvalue weighted by atomic mass is 32.1. The summed E-state index contributed by atoms with van der Waals surface area (Å²) in [5, 5.41) is 20.5. The Labute approximate surface area is 117 Å². The second kappa shape index (κ2) is 5.32. The van der Waals surface area contributed by atoms with E-state index in [9.17, 15) is 9.90 Å². The first-order valence-corrected chi connectivity index (χ1v) is 7.27. The Morgan fingerprint density at radius 1 is 1.68 bits per heavy atom. The summed E-state index contributed by atoms with van der Waals surface area (Å²) >= 11 is 1.63. The summed E-state index contributed by atoms with van der Waals surface area (Å²) in [6.45, 7) is 5.18. The number of nitrogens with zero attached hydrogens (tertiary/aromatic N) is 2. The van der Waals surface area contributed by atoms with Gasteiger partial charge in [0.25, 0.3) is 0 Å². The Morgan fingerprint density at radius 3 is 3.05 bits per heavy atom. The van der Waals surface area contributed by atoms with Gasteiger partial charge in [0.2, 0.25) is 0 Å². The number of hydrogen-bond donors (Lipinski definition) is 1. The molecule has 1 aromatic heterocycles. The minimum absolute atomic E-state index is 0.405. The first-order chi connectivity index (χ1) is 8.94. The van der Waals surface area contributed by atoms with Crippen molar-refractivity contribution >= 4 is 17.3 Å². The highest BCUT2D eigenvalue weighted by Crippen LogP contribution is 2.34. The first kappa shape index (κ1) is 14.0. The van der Waals surface area contributed by atoms with E-state index in [-0.39, 0.29) is 0 Å². The monoisotopic (exact) mass is 278 g/mol. The Bertz CT molecular complexity index is 516. The number of carboxylic acids is 1. The quantitative estimate of drug-likeness (QED) is 0.919. The van der Waals surface area contributed by atoms with Crippen LogP contribution >= 0.6 is 11.3 Å². The molecule has 0 saturated carbocycles. The molecule has 4 nitrogen and oxygen atoms in total. The van der Waals surface area contributed by atoms with E-state index in [0.29, 0.717) is 13.0 Å². The fourth-order valence-corrected chi connectivity index (χ4v) is 3.28. The molecule has 2 rings (SSSR count). The minimum atomic E-state index is -0.797. The van der Waals surface area contributed by atoms with Crippen molar-refractivity contribution in [2.24, 2.45) is 5.41 Å². The van der Waals surface area contributed by atoms with Crippen molar-refractivity contribution in [3.63, 3.8) is 0 Å². The van der Waals surface area contributed by atoms with Crippen molar-refractivity contribution in [2.75, 3.05) is 13.1 Å². The maximum atomic E-state index is 11.5. The Balaban J connectivity index is 2.14. The maximum Gasteiger partial charge on any atom is 0.325 e. The molecule has 0 radical (unpaired) electrons. The van der Waals surface area contributed by atoms with Gasteiger partial charge < -0.3 is 5.11 Å². The molecule has 0 spiro atoms. The SMILES string of the molecule is CC(C)(C#N)CCN1CCc2sccc2C1C(=O)O. The molecule has 1 unspecified atom stereocenters. The smallest absolute Gasteiger partial charge is 0.325 e. The third-order valence-corrected chi connectivity index (χ3v) is 4.62. The van der Waals surface area contributed by atoms with Gasteiger partial charge in [-0.05, 0) is 43.7 Å². The van der Waals surface area contributed by atoms with Gasteiger partial charge in [0, 0.05) is 18.0 Å². The van der Waals surface area contributed by atoms with Crippen LogP contribution in [-0.2, 0) is 11.2 Å². The first-order valence-electron chi connectivity index (χ1n) is 6.39. The number of carboxylic acid groups (broad SMARTS) is 1. The fourth-order valence-electron chi connectivity index (χ4n) is 2.38. The predicted molar refractivity (Wildman–Crippen MR) is 74.0 cm³/mol. The number of aliphatic carboxylic acids is 1. The summed E-state index contributed by atoms with van der Waals surface area (Å²) < 4.78 is 0. The zero-order valence-electron chi connectivity index (χ0n) is 11.2. The third-order valence-electron chi connectivity index (χ3n) is 3.63. The van der Waals surface area contributed by atoms with E-state index >= 15 is 0 Å². The van der Waals surface area contributed by atoms with Gasteiger partial charge in [0.1, 0.15) is 6.04 Å². The van der Waals surface area contributed by atoms with E-state index in [4.69, 9.17) is 5.26 Å². The van der Waals surface area contributed by atoms with Crippen molar-refractivity contribution in [1.82, 2.24) is 4.90 Å². The van der Waals surface area contributed by atoms with Crippen LogP contribution in [0.5, 0.6) is 0 Å². The normalized spacial score (nSPS) is 19.7. The average molecular weight is 278 g/mol. The van der Waals surface area contributed by atoms with Crippen molar-refractivity contribution in [3.05, 3.63) is 21.9 Å². The average Bonchev–Trinajstić information content (AvgIpc) is 2.83. The Morgan fingerprint density at radius 2 is 2.42 bits per heavy atom. The molecule has 1 N–H and O–H groups in total. The van der Waals surface area contributed by atoms with E-state index in [2.05, 4.69) is 6.07 Å². The molecule has 1 aromatic rings. The molecular formula is C14H18N2O2S. The highest BCUT2D eigenvalue weighted by molar-refractivity contribution is 7.10. The molecule has 1 atom stereocenters. The second-order valence-electron chi connectivity index (χ2n) is 5.57. The van der Waals surface area contributed by atoms with Crippen molar-refractivity contribution < 1.29 is 9.90 Å². The topological polar surface area (TPSA) is 64.3 Å². The molecule has 0 fully saturated rings. The van der Waals surface area contributed by atoms with E-state index in [1.165, 1.54) is 4.88 Å². The Hall–Kier alpha value is -1.38. The van der Waals surface area contributed by atoms with Crippen LogP contribution in [0.15, 0.2) is 11.4 Å². The zero-order valence-corrected chi connectivity index (χ0v) is 12.0. The lowest BCUT2D eigenvalue weighted by Gasteiger charge is -2.34. The van der Waals surface area contributed by atoms with Crippen LogP contribution < -0.4 is 0 Å². The highest BCUT2D eigenvalue weighted by Gasteiger charge is 2.34. The Kier molecular flexibility index (Phi) is 3.93. The van der Waals surface area contributed by atoms with Crippen LogP contribution in [0.3, 0.4) is 0 Å². The lowest BCUT2D eigenvalue weighted by Crippen LogP contribution is -2.40. The second-order valence-corrected chi connectivity index (χ2v) is 6.57. The van der Waals surface area contributed by atoms with E-state index < -0.39 is 17.4 Å². The number of rotatable bonds is 4. The molecule has 1 aliphatic rings. The summed E-state index contributed by atoms with van der Waals surface area (Å²) in [5.41, 5.74) is 0.524. The van der Waals surface area contributed by atoms with E-state index in [1.807, 2.05) is 30.2 Å². The molecule has 0 saturated heterocycles. The largest absolute Gasteiger partial charge is 0.480 e. The van der Waals surface area contributed by atoms with Gasteiger partial charge in [-0.2, -0.15) is 5.26 Å². The number of carbonyl (C=O) groups is 1. The molecule has 0 aliphatic carbocycles. The number of hydrogen-bond acceptors (Lipinski definition) is 4. The van der Waals surface area contributed by atoms with Gasteiger partial charge in [-0.1, -0.05) is 0 Å². The summed E-state index contributed by atoms with van der Waals surface area (Å²) in [4.78, 5) is 14.7. The molecular weight excluding hydrogens is 260 g/mol. The van der Waals surface area contributed by atoms with Gasteiger partial charge in [0.05, 0.1) is 11.5 Å². The van der Waals surface area contributed by atoms with Crippen molar-refractivity contribution in [2.45, 2.75) is 32.7 Å². The lowest BCUT2D eigenvalue weighted by atomic mass is 9.90. The molecule has 102 valence electrons. The number of thiophene rings is 1. The molecule has 5 heteroatoms. The van der Waals surface area contributed by atoms with Crippen LogP contribution in [0.4, 0.5) is 0 Å². The van der Waals surface area contributed by atoms with Crippen LogP contribution in [-0.4, -0.2) is 29.1 Å². The van der Waals surface area contributed by atoms with Crippen LogP contribution in [0.25, 0.3) is 0 Å². The number of nitriles is 1. The van der Waals surface area contributed by atoms with E-state index in [0.717, 1.165) is 18.5 Å².